The second-order valence-electron chi connectivity index (χ2n) is 7.30. The number of nitrogens with zero attached hydrogens (tertiary/aromatic N) is 3. The van der Waals surface area contributed by atoms with E-state index < -0.39 is 14.9 Å². The number of hydrogen-bond acceptors (Lipinski definition) is 8. The molecule has 0 spiro atoms. The van der Waals surface area contributed by atoms with Crippen LogP contribution in [0.4, 0.5) is 11.4 Å². The van der Waals surface area contributed by atoms with Crippen molar-refractivity contribution in [2.75, 3.05) is 51.4 Å². The van der Waals surface area contributed by atoms with E-state index in [0.29, 0.717) is 30.3 Å². The SMILES string of the molecule is CN(C[C@@H]1COc2ccccc2O1)c1ccc([N+](=O)[O-])cc1S(=O)(=O)N1CCOCC1. The Morgan fingerprint density at radius 2 is 1.87 bits per heavy atom. The fourth-order valence-electron chi connectivity index (χ4n) is 3.62. The largest absolute Gasteiger partial charge is 0.486 e. The second kappa shape index (κ2) is 8.69. The Balaban J connectivity index is 1.62. The highest BCUT2D eigenvalue weighted by atomic mass is 32.2. The number of nitro benzene ring substituents is 1. The van der Waals surface area contributed by atoms with Crippen molar-refractivity contribution < 1.29 is 27.6 Å². The van der Waals surface area contributed by atoms with Gasteiger partial charge in [0.25, 0.3) is 5.69 Å². The molecule has 0 N–H and O–H groups in total. The molecule has 166 valence electrons. The molecule has 0 aromatic heterocycles. The molecule has 2 aromatic rings. The minimum Gasteiger partial charge on any atom is -0.486 e. The molecule has 0 bridgehead atoms. The summed E-state index contributed by atoms with van der Waals surface area (Å²) in [6, 6.07) is 11.2. The molecular formula is C20H23N3O7S. The zero-order valence-corrected chi connectivity index (χ0v) is 17.8. The summed E-state index contributed by atoms with van der Waals surface area (Å²) in [7, 11) is -2.22. The van der Waals surface area contributed by atoms with Crippen LogP contribution in [-0.2, 0) is 14.8 Å². The number of anilines is 1. The first kappa shape index (κ1) is 21.3. The quantitative estimate of drug-likeness (QED) is 0.486. The van der Waals surface area contributed by atoms with Crippen molar-refractivity contribution in [2.45, 2.75) is 11.0 Å². The molecular weight excluding hydrogens is 426 g/mol. The third-order valence-electron chi connectivity index (χ3n) is 5.20. The number of non-ortho nitro benzene ring substituents is 1. The summed E-state index contributed by atoms with van der Waals surface area (Å²) in [6.07, 6.45) is -0.339. The van der Waals surface area contributed by atoms with Crippen LogP contribution in [0.2, 0.25) is 0 Å². The van der Waals surface area contributed by atoms with Crippen molar-refractivity contribution in [1.82, 2.24) is 4.31 Å². The van der Waals surface area contributed by atoms with E-state index >= 15 is 0 Å². The summed E-state index contributed by atoms with van der Waals surface area (Å²) in [6.45, 7) is 1.60. The van der Waals surface area contributed by atoms with Crippen molar-refractivity contribution in [3.8, 4) is 11.5 Å². The summed E-state index contributed by atoms with van der Waals surface area (Å²) in [5.41, 5.74) is 0.0784. The van der Waals surface area contributed by atoms with E-state index in [2.05, 4.69) is 0 Å². The molecule has 4 rings (SSSR count). The van der Waals surface area contributed by atoms with Gasteiger partial charge in [0.2, 0.25) is 10.0 Å². The summed E-state index contributed by atoms with van der Waals surface area (Å²) < 4.78 is 44.9. The molecule has 1 fully saturated rings. The van der Waals surface area contributed by atoms with Crippen LogP contribution < -0.4 is 14.4 Å². The Hall–Kier alpha value is -2.89. The number of benzene rings is 2. The van der Waals surface area contributed by atoms with Crippen molar-refractivity contribution in [3.63, 3.8) is 0 Å². The predicted octanol–water partition coefficient (Wildman–Crippen LogP) is 1.89. The lowest BCUT2D eigenvalue weighted by atomic mass is 10.2. The van der Waals surface area contributed by atoms with Gasteiger partial charge in [-0.25, -0.2) is 8.42 Å². The molecule has 2 aliphatic heterocycles. The number of likely N-dealkylation sites (N-methyl/N-ethyl adjacent to an activating group) is 1. The van der Waals surface area contributed by atoms with E-state index in [-0.39, 0.29) is 43.0 Å². The van der Waals surface area contributed by atoms with Crippen LogP contribution >= 0.6 is 0 Å². The number of hydrogen-bond donors (Lipinski definition) is 0. The van der Waals surface area contributed by atoms with Crippen LogP contribution in [0.15, 0.2) is 47.4 Å². The molecule has 1 atom stereocenters. The summed E-state index contributed by atoms with van der Waals surface area (Å²) in [4.78, 5) is 12.3. The summed E-state index contributed by atoms with van der Waals surface area (Å²) in [5, 5.41) is 11.3. The van der Waals surface area contributed by atoms with Gasteiger partial charge < -0.3 is 19.1 Å². The molecule has 0 radical (unpaired) electrons. The lowest BCUT2D eigenvalue weighted by Gasteiger charge is -2.32. The fraction of sp³-hybridized carbons (Fsp3) is 0.400. The van der Waals surface area contributed by atoms with Crippen molar-refractivity contribution in [2.24, 2.45) is 0 Å². The smallest absolute Gasteiger partial charge is 0.270 e. The lowest BCUT2D eigenvalue weighted by molar-refractivity contribution is -0.385. The summed E-state index contributed by atoms with van der Waals surface area (Å²) in [5.74, 6) is 1.28. The molecule has 2 aromatic carbocycles. The first-order valence-corrected chi connectivity index (χ1v) is 11.3. The maximum Gasteiger partial charge on any atom is 0.270 e. The van der Waals surface area contributed by atoms with Crippen LogP contribution in [0.25, 0.3) is 0 Å². The zero-order chi connectivity index (χ0) is 22.0. The molecule has 0 unspecified atom stereocenters. The minimum atomic E-state index is -3.95. The maximum atomic E-state index is 13.3. The van der Waals surface area contributed by atoms with Crippen LogP contribution in [0, 0.1) is 10.1 Å². The van der Waals surface area contributed by atoms with Gasteiger partial charge in [0.1, 0.15) is 11.5 Å². The Morgan fingerprint density at radius 1 is 1.16 bits per heavy atom. The van der Waals surface area contributed by atoms with Crippen LogP contribution in [0.5, 0.6) is 11.5 Å². The lowest BCUT2D eigenvalue weighted by Crippen LogP contribution is -2.42. The Labute approximate surface area is 180 Å². The van der Waals surface area contributed by atoms with Crippen LogP contribution in [-0.4, -0.2) is 70.3 Å². The van der Waals surface area contributed by atoms with Crippen molar-refractivity contribution >= 4 is 21.4 Å². The molecule has 0 aliphatic carbocycles. The third kappa shape index (κ3) is 4.43. The van der Waals surface area contributed by atoms with Gasteiger partial charge in [0.05, 0.1) is 30.4 Å². The topological polar surface area (TPSA) is 111 Å². The molecule has 10 nitrogen and oxygen atoms in total. The molecule has 11 heteroatoms. The second-order valence-corrected chi connectivity index (χ2v) is 9.21. The summed E-state index contributed by atoms with van der Waals surface area (Å²) >= 11 is 0. The van der Waals surface area contributed by atoms with Crippen LogP contribution in [0.1, 0.15) is 0 Å². The minimum absolute atomic E-state index is 0.108. The van der Waals surface area contributed by atoms with Gasteiger partial charge in [-0.3, -0.25) is 10.1 Å². The molecule has 1 saturated heterocycles. The van der Waals surface area contributed by atoms with Crippen molar-refractivity contribution in [3.05, 3.63) is 52.6 Å². The van der Waals surface area contributed by atoms with E-state index in [1.165, 1.54) is 16.4 Å². The van der Waals surface area contributed by atoms with E-state index in [1.54, 1.807) is 11.9 Å². The van der Waals surface area contributed by atoms with Gasteiger partial charge in [0, 0.05) is 32.3 Å². The average Bonchev–Trinajstić information content (AvgIpc) is 2.79. The number of nitro groups is 1. The Kier molecular flexibility index (Phi) is 5.99. The molecule has 2 heterocycles. The predicted molar refractivity (Wildman–Crippen MR) is 112 cm³/mol. The highest BCUT2D eigenvalue weighted by Crippen LogP contribution is 2.34. The van der Waals surface area contributed by atoms with E-state index in [1.807, 2.05) is 24.3 Å². The normalized spacial score (nSPS) is 19.1. The van der Waals surface area contributed by atoms with E-state index in [9.17, 15) is 18.5 Å². The molecule has 0 amide bonds. The fourth-order valence-corrected chi connectivity index (χ4v) is 5.29. The van der Waals surface area contributed by atoms with E-state index in [0.717, 1.165) is 6.07 Å². The Morgan fingerprint density at radius 3 is 2.58 bits per heavy atom. The third-order valence-corrected chi connectivity index (χ3v) is 7.13. The number of para-hydroxylation sites is 2. The highest BCUT2D eigenvalue weighted by Gasteiger charge is 2.32. The number of ether oxygens (including phenoxy) is 3. The first-order chi connectivity index (χ1) is 14.9. The Bertz CT molecular complexity index is 1070. The number of sulfonamides is 1. The number of fused-ring (bicyclic) bond motifs is 1. The standard InChI is InChI=1S/C20H23N3O7S/c1-21(13-16-14-29-18-4-2-3-5-19(18)30-16)17-7-6-15(23(24)25)12-20(17)31(26,27)22-8-10-28-11-9-22/h2-7,12,16H,8-11,13-14H2,1H3/t16-/m1/s1. The molecule has 2 aliphatic rings. The number of rotatable bonds is 6. The maximum absolute atomic E-state index is 13.3. The van der Waals surface area contributed by atoms with Gasteiger partial charge in [-0.15, -0.1) is 0 Å². The first-order valence-electron chi connectivity index (χ1n) is 9.82. The van der Waals surface area contributed by atoms with Crippen LogP contribution in [0.3, 0.4) is 0 Å². The molecule has 31 heavy (non-hydrogen) atoms. The van der Waals surface area contributed by atoms with Gasteiger partial charge in [-0.1, -0.05) is 12.1 Å². The van der Waals surface area contributed by atoms with Crippen molar-refractivity contribution in [1.29, 1.82) is 0 Å². The van der Waals surface area contributed by atoms with Gasteiger partial charge in [0.15, 0.2) is 17.6 Å². The average molecular weight is 449 g/mol. The van der Waals surface area contributed by atoms with Gasteiger partial charge in [-0.2, -0.15) is 4.31 Å². The highest BCUT2D eigenvalue weighted by molar-refractivity contribution is 7.89. The monoisotopic (exact) mass is 449 g/mol. The van der Waals surface area contributed by atoms with Gasteiger partial charge in [-0.05, 0) is 18.2 Å². The van der Waals surface area contributed by atoms with E-state index in [4.69, 9.17) is 14.2 Å². The number of morpholine rings is 1. The molecule has 0 saturated carbocycles. The van der Waals surface area contributed by atoms with Gasteiger partial charge >= 0.3 is 0 Å². The zero-order valence-electron chi connectivity index (χ0n) is 17.0.